The fraction of sp³-hybridized carbons (Fsp3) is 0.476. The Bertz CT molecular complexity index is 776. The Labute approximate surface area is 148 Å². The van der Waals surface area contributed by atoms with Gasteiger partial charge in [-0.15, -0.1) is 6.58 Å². The molecule has 2 unspecified atom stereocenters. The SMILES string of the molecule is C=C[C@H]1CN2CCCC1C[C@@H]2[C@@H](O)c1ccnc2ccc(CO)cc12. The third-order valence-corrected chi connectivity index (χ3v) is 6.09. The lowest BCUT2D eigenvalue weighted by molar-refractivity contribution is 0.00928. The predicted molar refractivity (Wildman–Crippen MR) is 99.0 cm³/mol. The zero-order chi connectivity index (χ0) is 17.4. The Hall–Kier alpha value is -1.75. The summed E-state index contributed by atoms with van der Waals surface area (Å²) in [6.45, 7) is 6.06. The zero-order valence-electron chi connectivity index (χ0n) is 14.5. The van der Waals surface area contributed by atoms with Crippen molar-refractivity contribution in [1.29, 1.82) is 0 Å². The van der Waals surface area contributed by atoms with Crippen LogP contribution in [-0.2, 0) is 6.61 Å². The number of piperidine rings is 1. The average molecular weight is 338 g/mol. The van der Waals surface area contributed by atoms with Crippen LogP contribution in [0.1, 0.15) is 36.5 Å². The summed E-state index contributed by atoms with van der Waals surface area (Å²) in [5.41, 5.74) is 2.64. The molecule has 5 rings (SSSR count). The van der Waals surface area contributed by atoms with E-state index in [9.17, 15) is 10.2 Å². The van der Waals surface area contributed by atoms with Crippen LogP contribution in [0.25, 0.3) is 10.9 Å². The Morgan fingerprint density at radius 1 is 1.36 bits per heavy atom. The molecule has 1 aromatic heterocycles. The third kappa shape index (κ3) is 2.99. The lowest BCUT2D eigenvalue weighted by Gasteiger charge is -2.42. The fourth-order valence-electron chi connectivity index (χ4n) is 4.71. The summed E-state index contributed by atoms with van der Waals surface area (Å²) >= 11 is 0. The Morgan fingerprint density at radius 3 is 3.04 bits per heavy atom. The number of pyridine rings is 1. The summed E-state index contributed by atoms with van der Waals surface area (Å²) < 4.78 is 0. The molecule has 25 heavy (non-hydrogen) atoms. The van der Waals surface area contributed by atoms with Crippen molar-refractivity contribution < 1.29 is 10.2 Å². The van der Waals surface area contributed by atoms with Crippen LogP contribution in [0.3, 0.4) is 0 Å². The molecule has 2 bridgehead atoms. The van der Waals surface area contributed by atoms with Gasteiger partial charge in [0.15, 0.2) is 0 Å². The number of hydrogen-bond acceptors (Lipinski definition) is 4. The molecule has 4 heterocycles. The molecule has 1 aromatic carbocycles. The highest BCUT2D eigenvalue weighted by Crippen LogP contribution is 2.41. The minimum Gasteiger partial charge on any atom is -0.392 e. The van der Waals surface area contributed by atoms with E-state index >= 15 is 0 Å². The number of benzene rings is 1. The van der Waals surface area contributed by atoms with Gasteiger partial charge in [0.25, 0.3) is 0 Å². The fourth-order valence-corrected chi connectivity index (χ4v) is 4.71. The van der Waals surface area contributed by atoms with E-state index in [1.807, 2.05) is 24.3 Å². The zero-order valence-corrected chi connectivity index (χ0v) is 14.5. The van der Waals surface area contributed by atoms with Crippen molar-refractivity contribution in [3.05, 3.63) is 54.2 Å². The Morgan fingerprint density at radius 2 is 2.24 bits per heavy atom. The number of rotatable bonds is 4. The van der Waals surface area contributed by atoms with E-state index in [-0.39, 0.29) is 12.6 Å². The second-order valence-corrected chi connectivity index (χ2v) is 7.45. The van der Waals surface area contributed by atoms with E-state index in [2.05, 4.69) is 22.5 Å². The molecule has 0 spiro atoms. The first-order valence-corrected chi connectivity index (χ1v) is 9.24. The molecule has 132 valence electrons. The highest BCUT2D eigenvalue weighted by Gasteiger charge is 2.40. The van der Waals surface area contributed by atoms with Gasteiger partial charge in [-0.05, 0) is 67.0 Å². The minimum absolute atomic E-state index is 0.000980. The minimum atomic E-state index is -0.536. The van der Waals surface area contributed by atoms with Gasteiger partial charge in [0.05, 0.1) is 18.2 Å². The first-order chi connectivity index (χ1) is 12.2. The second-order valence-electron chi connectivity index (χ2n) is 7.45. The average Bonchev–Trinajstić information content (AvgIpc) is 2.99. The van der Waals surface area contributed by atoms with Gasteiger partial charge >= 0.3 is 0 Å². The number of nitrogens with zero attached hydrogens (tertiary/aromatic N) is 2. The first kappa shape index (κ1) is 16.7. The predicted octanol–water partition coefficient (Wildman–Crippen LogP) is 3.05. The molecular weight excluding hydrogens is 312 g/mol. The largest absolute Gasteiger partial charge is 0.392 e. The van der Waals surface area contributed by atoms with Gasteiger partial charge < -0.3 is 10.2 Å². The monoisotopic (exact) mass is 338 g/mol. The maximum Gasteiger partial charge on any atom is 0.0952 e. The van der Waals surface area contributed by atoms with Gasteiger partial charge in [-0.25, -0.2) is 0 Å². The number of aliphatic hydroxyl groups is 2. The van der Waals surface area contributed by atoms with Crippen LogP contribution < -0.4 is 0 Å². The Kier molecular flexibility index (Phi) is 4.59. The molecule has 0 amide bonds. The van der Waals surface area contributed by atoms with Crippen LogP contribution in [0, 0.1) is 11.8 Å². The van der Waals surface area contributed by atoms with Crippen molar-refractivity contribution >= 4 is 10.9 Å². The van der Waals surface area contributed by atoms with Crippen molar-refractivity contribution in [3.8, 4) is 0 Å². The van der Waals surface area contributed by atoms with Crippen molar-refractivity contribution in [3.63, 3.8) is 0 Å². The number of hydrogen-bond donors (Lipinski definition) is 2. The lowest BCUT2D eigenvalue weighted by atomic mass is 9.79. The van der Waals surface area contributed by atoms with E-state index in [0.29, 0.717) is 11.8 Å². The summed E-state index contributed by atoms with van der Waals surface area (Å²) in [6, 6.07) is 7.84. The van der Waals surface area contributed by atoms with E-state index in [0.717, 1.165) is 41.5 Å². The quantitative estimate of drug-likeness (QED) is 0.842. The van der Waals surface area contributed by atoms with E-state index in [4.69, 9.17) is 0 Å². The summed E-state index contributed by atoms with van der Waals surface area (Å²) in [5, 5.41) is 21.7. The first-order valence-electron chi connectivity index (χ1n) is 9.24. The second kappa shape index (κ2) is 6.87. The molecule has 0 radical (unpaired) electrons. The molecule has 4 nitrogen and oxygen atoms in total. The highest BCUT2D eigenvalue weighted by molar-refractivity contribution is 5.83. The molecule has 3 fully saturated rings. The molecule has 3 aliphatic heterocycles. The molecule has 2 N–H and O–H groups in total. The molecular formula is C21H26N2O2. The summed E-state index contributed by atoms with van der Waals surface area (Å²) in [7, 11) is 0. The van der Waals surface area contributed by atoms with Crippen LogP contribution in [0.5, 0.6) is 0 Å². The molecule has 2 aromatic rings. The van der Waals surface area contributed by atoms with Gasteiger partial charge in [0.2, 0.25) is 0 Å². The smallest absolute Gasteiger partial charge is 0.0952 e. The maximum absolute atomic E-state index is 11.3. The van der Waals surface area contributed by atoms with Gasteiger partial charge in [-0.2, -0.15) is 0 Å². The van der Waals surface area contributed by atoms with E-state index in [1.165, 1.54) is 12.8 Å². The van der Waals surface area contributed by atoms with Gasteiger partial charge in [0, 0.05) is 24.2 Å². The standard InChI is InChI=1S/C21H26N2O2/c1-2-15-12-23-9-3-4-16(15)11-20(23)21(25)17-7-8-22-19-6-5-14(13-24)10-18(17)19/h2,5-8,10,15-16,20-21,24-25H,1,3-4,9,11-13H2/t15-,16?,20+,21-/m0/s1. The molecule has 0 saturated carbocycles. The van der Waals surface area contributed by atoms with Crippen molar-refractivity contribution in [2.24, 2.45) is 11.8 Å². The highest BCUT2D eigenvalue weighted by atomic mass is 16.3. The van der Waals surface area contributed by atoms with E-state index in [1.54, 1.807) is 6.20 Å². The lowest BCUT2D eigenvalue weighted by Crippen LogP contribution is -2.47. The third-order valence-electron chi connectivity index (χ3n) is 6.09. The van der Waals surface area contributed by atoms with Crippen LogP contribution in [0.4, 0.5) is 0 Å². The molecule has 4 heteroatoms. The summed E-state index contributed by atoms with van der Waals surface area (Å²) in [5.74, 6) is 1.16. The van der Waals surface area contributed by atoms with Crippen molar-refractivity contribution in [1.82, 2.24) is 9.88 Å². The molecule has 3 saturated heterocycles. The van der Waals surface area contributed by atoms with Crippen LogP contribution >= 0.6 is 0 Å². The van der Waals surface area contributed by atoms with Crippen molar-refractivity contribution in [2.45, 2.75) is 38.0 Å². The number of fused-ring (bicyclic) bond motifs is 5. The topological polar surface area (TPSA) is 56.6 Å². The molecule has 3 aliphatic rings. The van der Waals surface area contributed by atoms with Crippen LogP contribution in [0.2, 0.25) is 0 Å². The maximum atomic E-state index is 11.3. The molecule has 5 atom stereocenters. The summed E-state index contributed by atoms with van der Waals surface area (Å²) in [6.07, 6.45) is 6.77. The number of aromatic nitrogens is 1. The van der Waals surface area contributed by atoms with Gasteiger partial charge in [0.1, 0.15) is 0 Å². The van der Waals surface area contributed by atoms with Crippen LogP contribution in [0.15, 0.2) is 43.1 Å². The van der Waals surface area contributed by atoms with Crippen molar-refractivity contribution in [2.75, 3.05) is 13.1 Å². The summed E-state index contributed by atoms with van der Waals surface area (Å²) in [4.78, 5) is 6.86. The molecule has 0 aliphatic carbocycles. The number of aliphatic hydroxyl groups excluding tert-OH is 2. The normalized spacial score (nSPS) is 30.2. The van der Waals surface area contributed by atoms with Gasteiger partial charge in [-0.3, -0.25) is 9.88 Å². The Balaban J connectivity index is 1.70. The van der Waals surface area contributed by atoms with E-state index < -0.39 is 6.10 Å². The van der Waals surface area contributed by atoms with Crippen LogP contribution in [-0.4, -0.2) is 39.2 Å². The van der Waals surface area contributed by atoms with Gasteiger partial charge in [-0.1, -0.05) is 12.1 Å².